The molecule has 0 aromatic carbocycles. The molecule has 7 nitrogen and oxygen atoms in total. The van der Waals surface area contributed by atoms with E-state index in [0.717, 1.165) is 35.2 Å². The third kappa shape index (κ3) is 4.05. The smallest absolute Gasteiger partial charge is 0.234 e. The van der Waals surface area contributed by atoms with Crippen LogP contribution in [0.4, 0.5) is 0 Å². The molecule has 0 aliphatic heterocycles. The molecule has 31 heavy (non-hydrogen) atoms. The van der Waals surface area contributed by atoms with E-state index in [1.165, 1.54) is 0 Å². The molecule has 0 spiro atoms. The summed E-state index contributed by atoms with van der Waals surface area (Å²) >= 11 is 0. The standard InChI is InChI=1S/C23H29N5O2Si/c1-6-31(7-2,8-3)30-23(4,5)20-12-14-28-18(16-25-22(28)27-20)17-11-13-24-21(26-17)19-10-9-15-29-19/h9-16H,6-8H2,1-5H3. The number of rotatable bonds is 8. The number of imidazole rings is 1. The number of furan rings is 1. The molecule has 0 aliphatic rings. The van der Waals surface area contributed by atoms with Gasteiger partial charge in [0, 0.05) is 12.4 Å². The largest absolute Gasteiger partial charge is 0.461 e. The average molecular weight is 436 g/mol. The Bertz CT molecular complexity index is 1160. The summed E-state index contributed by atoms with van der Waals surface area (Å²) in [5.41, 5.74) is 2.03. The zero-order valence-electron chi connectivity index (χ0n) is 18.8. The van der Waals surface area contributed by atoms with Crippen molar-refractivity contribution in [1.82, 2.24) is 24.3 Å². The third-order valence-electron chi connectivity index (χ3n) is 6.06. The molecule has 8 heteroatoms. The fraction of sp³-hybridized carbons (Fsp3) is 0.391. The van der Waals surface area contributed by atoms with Crippen molar-refractivity contribution in [2.75, 3.05) is 0 Å². The number of aromatic nitrogens is 5. The summed E-state index contributed by atoms with van der Waals surface area (Å²) in [5.74, 6) is 1.79. The number of nitrogens with zero attached hydrogens (tertiary/aromatic N) is 5. The number of hydrogen-bond donors (Lipinski definition) is 0. The van der Waals surface area contributed by atoms with E-state index in [0.29, 0.717) is 17.4 Å². The lowest BCUT2D eigenvalue weighted by Crippen LogP contribution is -2.43. The number of fused-ring (bicyclic) bond motifs is 1. The minimum atomic E-state index is -1.78. The Morgan fingerprint density at radius 2 is 1.81 bits per heavy atom. The SMILES string of the molecule is CC[Si](CC)(CC)OC(C)(C)c1ccn2c(-c3ccnc(-c4ccco4)n3)cnc2n1. The summed E-state index contributed by atoms with van der Waals surface area (Å²) < 4.78 is 14.1. The van der Waals surface area contributed by atoms with E-state index in [1.54, 1.807) is 18.7 Å². The van der Waals surface area contributed by atoms with Crippen LogP contribution >= 0.6 is 0 Å². The van der Waals surface area contributed by atoms with E-state index >= 15 is 0 Å². The molecular weight excluding hydrogens is 406 g/mol. The van der Waals surface area contributed by atoms with E-state index < -0.39 is 13.9 Å². The monoisotopic (exact) mass is 435 g/mol. The molecule has 0 saturated carbocycles. The summed E-state index contributed by atoms with van der Waals surface area (Å²) in [6.45, 7) is 10.9. The molecule has 0 radical (unpaired) electrons. The van der Waals surface area contributed by atoms with E-state index in [-0.39, 0.29) is 0 Å². The summed E-state index contributed by atoms with van der Waals surface area (Å²) in [6.07, 6.45) is 7.12. The van der Waals surface area contributed by atoms with Gasteiger partial charge in [-0.3, -0.25) is 4.40 Å². The van der Waals surface area contributed by atoms with Crippen molar-refractivity contribution < 1.29 is 8.84 Å². The lowest BCUT2D eigenvalue weighted by atomic mass is 10.1. The topological polar surface area (TPSA) is 78.3 Å². The summed E-state index contributed by atoms with van der Waals surface area (Å²) in [5, 5.41) is 0. The first-order chi connectivity index (χ1) is 14.9. The van der Waals surface area contributed by atoms with E-state index in [4.69, 9.17) is 13.8 Å². The average Bonchev–Trinajstić information content (AvgIpc) is 3.47. The van der Waals surface area contributed by atoms with Gasteiger partial charge in [0.05, 0.1) is 35.1 Å². The Kier molecular flexibility index (Phi) is 5.77. The molecule has 0 fully saturated rings. The predicted octanol–water partition coefficient (Wildman–Crippen LogP) is 5.70. The summed E-state index contributed by atoms with van der Waals surface area (Å²) in [4.78, 5) is 18.3. The van der Waals surface area contributed by atoms with Crippen LogP contribution in [0.2, 0.25) is 18.1 Å². The zero-order chi connectivity index (χ0) is 22.1. The molecular formula is C23H29N5O2Si. The quantitative estimate of drug-likeness (QED) is 0.330. The fourth-order valence-electron chi connectivity index (χ4n) is 3.98. The second kappa shape index (κ2) is 8.36. The highest BCUT2D eigenvalue weighted by Gasteiger charge is 2.37. The van der Waals surface area contributed by atoms with E-state index in [9.17, 15) is 0 Å². The molecule has 4 heterocycles. The minimum Gasteiger partial charge on any atom is -0.461 e. The highest BCUT2D eigenvalue weighted by Crippen LogP contribution is 2.33. The molecule has 4 aromatic heterocycles. The maximum absolute atomic E-state index is 6.76. The van der Waals surface area contributed by atoms with Crippen molar-refractivity contribution in [3.63, 3.8) is 0 Å². The molecule has 0 N–H and O–H groups in total. The molecule has 0 bridgehead atoms. The van der Waals surface area contributed by atoms with Crippen molar-refractivity contribution in [2.45, 2.75) is 58.4 Å². The molecule has 0 atom stereocenters. The summed E-state index contributed by atoms with van der Waals surface area (Å²) in [7, 11) is -1.78. The highest BCUT2D eigenvalue weighted by atomic mass is 28.4. The first-order valence-electron chi connectivity index (χ1n) is 10.8. The zero-order valence-corrected chi connectivity index (χ0v) is 19.8. The van der Waals surface area contributed by atoms with Gasteiger partial charge in [0.2, 0.25) is 5.78 Å². The molecule has 0 saturated heterocycles. The molecule has 162 valence electrons. The maximum Gasteiger partial charge on any atom is 0.234 e. The molecule has 4 rings (SSSR count). The van der Waals surface area contributed by atoms with Crippen molar-refractivity contribution in [2.24, 2.45) is 0 Å². The lowest BCUT2D eigenvalue weighted by molar-refractivity contribution is 0.0894. The van der Waals surface area contributed by atoms with Gasteiger partial charge in [-0.05, 0) is 56.2 Å². The Labute approximate surface area is 183 Å². The van der Waals surface area contributed by atoms with Gasteiger partial charge in [-0.15, -0.1) is 0 Å². The van der Waals surface area contributed by atoms with Gasteiger partial charge >= 0.3 is 0 Å². The number of hydrogen-bond acceptors (Lipinski definition) is 6. The first-order valence-corrected chi connectivity index (χ1v) is 13.4. The first kappa shape index (κ1) is 21.4. The predicted molar refractivity (Wildman–Crippen MR) is 123 cm³/mol. The normalized spacial score (nSPS) is 12.5. The highest BCUT2D eigenvalue weighted by molar-refractivity contribution is 6.73. The van der Waals surface area contributed by atoms with Crippen LogP contribution in [0.25, 0.3) is 28.8 Å². The Morgan fingerprint density at radius 3 is 2.48 bits per heavy atom. The van der Waals surface area contributed by atoms with Crippen LogP contribution in [-0.4, -0.2) is 32.7 Å². The van der Waals surface area contributed by atoms with Gasteiger partial charge < -0.3 is 8.84 Å². The van der Waals surface area contributed by atoms with E-state index in [2.05, 4.69) is 49.6 Å². The van der Waals surface area contributed by atoms with Crippen LogP contribution in [0.5, 0.6) is 0 Å². The molecule has 4 aromatic rings. The van der Waals surface area contributed by atoms with Crippen LogP contribution in [0.15, 0.2) is 53.5 Å². The van der Waals surface area contributed by atoms with Crippen LogP contribution in [0.1, 0.15) is 40.3 Å². The maximum atomic E-state index is 6.76. The van der Waals surface area contributed by atoms with Crippen LogP contribution < -0.4 is 0 Å². The Morgan fingerprint density at radius 1 is 1.03 bits per heavy atom. The second-order valence-corrected chi connectivity index (χ2v) is 12.9. The van der Waals surface area contributed by atoms with Crippen molar-refractivity contribution in [1.29, 1.82) is 0 Å². The van der Waals surface area contributed by atoms with E-state index in [1.807, 2.05) is 34.9 Å². The minimum absolute atomic E-state index is 0.469. The molecule has 0 amide bonds. The molecule has 0 unspecified atom stereocenters. The van der Waals surface area contributed by atoms with Gasteiger partial charge in [-0.25, -0.2) is 19.9 Å². The van der Waals surface area contributed by atoms with Crippen molar-refractivity contribution in [3.8, 4) is 23.0 Å². The summed E-state index contributed by atoms with van der Waals surface area (Å²) in [6, 6.07) is 10.9. The fourth-order valence-corrected chi connectivity index (χ4v) is 7.10. The van der Waals surface area contributed by atoms with Crippen LogP contribution in [0.3, 0.4) is 0 Å². The van der Waals surface area contributed by atoms with Crippen LogP contribution in [0, 0.1) is 0 Å². The van der Waals surface area contributed by atoms with Gasteiger partial charge in [0.25, 0.3) is 0 Å². The van der Waals surface area contributed by atoms with Gasteiger partial charge in [0.15, 0.2) is 19.9 Å². The van der Waals surface area contributed by atoms with Crippen molar-refractivity contribution >= 4 is 14.1 Å². The molecule has 0 aliphatic carbocycles. The Balaban J connectivity index is 1.68. The van der Waals surface area contributed by atoms with Gasteiger partial charge in [-0.2, -0.15) is 0 Å². The van der Waals surface area contributed by atoms with Gasteiger partial charge in [0.1, 0.15) is 0 Å². The van der Waals surface area contributed by atoms with Gasteiger partial charge in [-0.1, -0.05) is 20.8 Å². The van der Waals surface area contributed by atoms with Crippen LogP contribution in [-0.2, 0) is 10.0 Å². The van der Waals surface area contributed by atoms with Crippen molar-refractivity contribution in [3.05, 3.63) is 54.8 Å². The Hall–Kier alpha value is -2.84. The lowest BCUT2D eigenvalue weighted by Gasteiger charge is -2.37. The third-order valence-corrected chi connectivity index (χ3v) is 10.9. The second-order valence-electron chi connectivity index (χ2n) is 8.23.